The van der Waals surface area contributed by atoms with E-state index in [1.165, 1.54) is 0 Å². The molecule has 0 aliphatic rings. The highest BCUT2D eigenvalue weighted by atomic mass is 79.9. The number of aryl methyl sites for hydroxylation is 1. The van der Waals surface area contributed by atoms with Gasteiger partial charge in [0, 0.05) is 8.95 Å². The summed E-state index contributed by atoms with van der Waals surface area (Å²) in [5.74, 6) is 0. The van der Waals surface area contributed by atoms with Crippen LogP contribution >= 0.6 is 31.9 Å². The van der Waals surface area contributed by atoms with Crippen LogP contribution in [0.5, 0.6) is 0 Å². The predicted molar refractivity (Wildman–Crippen MR) is 86.8 cm³/mol. The largest absolute Gasteiger partial charge is 0.444 e. The second kappa shape index (κ2) is 6.90. The summed E-state index contributed by atoms with van der Waals surface area (Å²) < 4.78 is 6.79. The number of amides is 1. The van der Waals surface area contributed by atoms with Gasteiger partial charge in [0.2, 0.25) is 0 Å². The monoisotopic (exact) mass is 397 g/mol. The van der Waals surface area contributed by atoms with Crippen LogP contribution in [-0.4, -0.2) is 6.09 Å². The van der Waals surface area contributed by atoms with Crippen molar-refractivity contribution in [1.82, 2.24) is 0 Å². The summed E-state index contributed by atoms with van der Waals surface area (Å²) in [6.07, 6.45) is -0.487. The maximum atomic E-state index is 11.8. The van der Waals surface area contributed by atoms with Crippen LogP contribution in [0.15, 0.2) is 51.4 Å². The molecule has 0 spiro atoms. The number of halogens is 2. The fraction of sp³-hybridized carbons (Fsp3) is 0.133. The summed E-state index contributed by atoms with van der Waals surface area (Å²) in [5, 5.41) is 2.72. The molecule has 0 aliphatic heterocycles. The van der Waals surface area contributed by atoms with Gasteiger partial charge in [-0.15, -0.1) is 0 Å². The normalized spacial score (nSPS) is 10.2. The Labute approximate surface area is 134 Å². The highest BCUT2D eigenvalue weighted by Crippen LogP contribution is 2.32. The molecule has 5 heteroatoms. The molecule has 3 nitrogen and oxygen atoms in total. The molecule has 0 atom stereocenters. The van der Waals surface area contributed by atoms with Gasteiger partial charge in [-0.05, 0) is 62.0 Å². The molecule has 2 aromatic rings. The lowest BCUT2D eigenvalue weighted by molar-refractivity contribution is 0.155. The first-order valence-corrected chi connectivity index (χ1v) is 7.58. The van der Waals surface area contributed by atoms with E-state index in [9.17, 15) is 4.79 Å². The van der Waals surface area contributed by atoms with E-state index in [4.69, 9.17) is 4.74 Å². The van der Waals surface area contributed by atoms with Gasteiger partial charge in [-0.2, -0.15) is 0 Å². The number of rotatable bonds is 3. The van der Waals surface area contributed by atoms with E-state index >= 15 is 0 Å². The Hall–Kier alpha value is -1.33. The SMILES string of the molecule is Cc1cc(Br)c(NC(=O)OCc2ccccc2)c(Br)c1. The van der Waals surface area contributed by atoms with E-state index in [1.54, 1.807) is 0 Å². The number of carbonyl (C=O) groups is 1. The van der Waals surface area contributed by atoms with Gasteiger partial charge in [0.25, 0.3) is 0 Å². The van der Waals surface area contributed by atoms with E-state index in [-0.39, 0.29) is 6.61 Å². The van der Waals surface area contributed by atoms with Crippen molar-refractivity contribution >= 4 is 43.6 Å². The molecule has 0 radical (unpaired) electrons. The number of benzene rings is 2. The third-order valence-corrected chi connectivity index (χ3v) is 3.88. The van der Waals surface area contributed by atoms with Gasteiger partial charge >= 0.3 is 6.09 Å². The fourth-order valence-electron chi connectivity index (χ4n) is 1.68. The molecule has 2 rings (SSSR count). The number of nitrogens with one attached hydrogen (secondary N) is 1. The van der Waals surface area contributed by atoms with E-state index in [1.807, 2.05) is 49.4 Å². The summed E-state index contributed by atoms with van der Waals surface area (Å²) in [7, 11) is 0. The van der Waals surface area contributed by atoms with Crippen molar-refractivity contribution in [1.29, 1.82) is 0 Å². The van der Waals surface area contributed by atoms with E-state index < -0.39 is 6.09 Å². The zero-order valence-electron chi connectivity index (χ0n) is 10.8. The molecule has 20 heavy (non-hydrogen) atoms. The summed E-state index contributed by atoms with van der Waals surface area (Å²) in [5.41, 5.74) is 2.70. The molecule has 104 valence electrons. The van der Waals surface area contributed by atoms with Crippen LogP contribution in [-0.2, 0) is 11.3 Å². The Bertz CT molecular complexity index is 592. The van der Waals surface area contributed by atoms with Crippen molar-refractivity contribution in [2.45, 2.75) is 13.5 Å². The Morgan fingerprint density at radius 1 is 1.15 bits per heavy atom. The average Bonchev–Trinajstić information content (AvgIpc) is 2.42. The highest BCUT2D eigenvalue weighted by Gasteiger charge is 2.11. The Morgan fingerprint density at radius 2 is 1.75 bits per heavy atom. The smallest absolute Gasteiger partial charge is 0.412 e. The van der Waals surface area contributed by atoms with Crippen molar-refractivity contribution in [3.8, 4) is 0 Å². The zero-order valence-corrected chi connectivity index (χ0v) is 14.0. The molecular weight excluding hydrogens is 386 g/mol. The van der Waals surface area contributed by atoms with Crippen molar-refractivity contribution in [3.05, 3.63) is 62.5 Å². The Balaban J connectivity index is 1.98. The number of hydrogen-bond donors (Lipinski definition) is 1. The molecule has 0 unspecified atom stereocenters. The fourth-order valence-corrected chi connectivity index (χ4v) is 3.29. The minimum absolute atomic E-state index is 0.244. The van der Waals surface area contributed by atoms with Crippen LogP contribution in [0, 0.1) is 6.92 Å². The average molecular weight is 399 g/mol. The number of anilines is 1. The summed E-state index contributed by atoms with van der Waals surface area (Å²) in [6.45, 7) is 2.22. The molecule has 0 heterocycles. The molecule has 0 saturated carbocycles. The van der Waals surface area contributed by atoms with Gasteiger partial charge in [0.05, 0.1) is 5.69 Å². The quantitative estimate of drug-likeness (QED) is 0.764. The predicted octanol–water partition coefficient (Wildman–Crippen LogP) is 5.27. The van der Waals surface area contributed by atoms with Crippen molar-refractivity contribution < 1.29 is 9.53 Å². The van der Waals surface area contributed by atoms with Crippen molar-refractivity contribution in [3.63, 3.8) is 0 Å². The third-order valence-electron chi connectivity index (χ3n) is 2.63. The van der Waals surface area contributed by atoms with Crippen LogP contribution in [0.4, 0.5) is 10.5 Å². The maximum absolute atomic E-state index is 11.8. The number of hydrogen-bond acceptors (Lipinski definition) is 2. The first-order chi connectivity index (χ1) is 9.56. The molecule has 1 amide bonds. The van der Waals surface area contributed by atoms with E-state index in [0.29, 0.717) is 5.69 Å². The molecule has 0 bridgehead atoms. The van der Waals surface area contributed by atoms with Gasteiger partial charge in [-0.3, -0.25) is 5.32 Å². The van der Waals surface area contributed by atoms with Crippen LogP contribution in [0.1, 0.15) is 11.1 Å². The molecule has 0 saturated heterocycles. The van der Waals surface area contributed by atoms with Crippen LogP contribution in [0.2, 0.25) is 0 Å². The topological polar surface area (TPSA) is 38.3 Å². The minimum atomic E-state index is -0.487. The minimum Gasteiger partial charge on any atom is -0.444 e. The van der Waals surface area contributed by atoms with Crippen LogP contribution in [0.3, 0.4) is 0 Å². The van der Waals surface area contributed by atoms with Gasteiger partial charge in [0.15, 0.2) is 0 Å². The van der Waals surface area contributed by atoms with Gasteiger partial charge in [-0.25, -0.2) is 4.79 Å². The molecule has 2 aromatic carbocycles. The molecule has 0 fully saturated rings. The molecule has 1 N–H and O–H groups in total. The lowest BCUT2D eigenvalue weighted by atomic mass is 10.2. The molecule has 0 aliphatic carbocycles. The highest BCUT2D eigenvalue weighted by molar-refractivity contribution is 9.11. The zero-order chi connectivity index (χ0) is 14.5. The maximum Gasteiger partial charge on any atom is 0.412 e. The van der Waals surface area contributed by atoms with E-state index in [2.05, 4.69) is 37.2 Å². The lowest BCUT2D eigenvalue weighted by Gasteiger charge is -2.11. The number of ether oxygens (including phenoxy) is 1. The van der Waals surface area contributed by atoms with Gasteiger partial charge in [0.1, 0.15) is 6.61 Å². The number of carbonyl (C=O) groups excluding carboxylic acids is 1. The third kappa shape index (κ3) is 4.08. The van der Waals surface area contributed by atoms with Crippen LogP contribution in [0.25, 0.3) is 0 Å². The first kappa shape index (κ1) is 15.1. The second-order valence-electron chi connectivity index (χ2n) is 4.29. The summed E-state index contributed by atoms with van der Waals surface area (Å²) in [4.78, 5) is 11.8. The van der Waals surface area contributed by atoms with E-state index in [0.717, 1.165) is 20.1 Å². The van der Waals surface area contributed by atoms with Gasteiger partial charge < -0.3 is 4.74 Å². The standard InChI is InChI=1S/C15H13Br2NO2/c1-10-7-12(16)14(13(17)8-10)18-15(19)20-9-11-5-3-2-4-6-11/h2-8H,9H2,1H3,(H,18,19). The first-order valence-electron chi connectivity index (χ1n) is 5.99. The van der Waals surface area contributed by atoms with Gasteiger partial charge in [-0.1, -0.05) is 30.3 Å². The van der Waals surface area contributed by atoms with Crippen molar-refractivity contribution in [2.24, 2.45) is 0 Å². The molecular formula is C15H13Br2NO2. The molecule has 0 aromatic heterocycles. The Kier molecular flexibility index (Phi) is 5.20. The summed E-state index contributed by atoms with van der Waals surface area (Å²) in [6, 6.07) is 13.4. The lowest BCUT2D eigenvalue weighted by Crippen LogP contribution is -2.14. The summed E-state index contributed by atoms with van der Waals surface area (Å²) >= 11 is 6.84. The van der Waals surface area contributed by atoms with Crippen LogP contribution < -0.4 is 5.32 Å². The Morgan fingerprint density at radius 3 is 2.35 bits per heavy atom. The second-order valence-corrected chi connectivity index (χ2v) is 6.00. The van der Waals surface area contributed by atoms with Crippen molar-refractivity contribution in [2.75, 3.05) is 5.32 Å².